The molecule has 0 N–H and O–H groups in total. The van der Waals surface area contributed by atoms with Gasteiger partial charge in [-0.2, -0.15) is 0 Å². The second kappa shape index (κ2) is 6.31. The fourth-order valence-electron chi connectivity index (χ4n) is 1.52. The number of nitrogens with zero attached hydrogens (tertiary/aromatic N) is 1. The Morgan fingerprint density at radius 3 is 2.83 bits per heavy atom. The van der Waals surface area contributed by atoms with Crippen LogP contribution in [0.3, 0.4) is 0 Å². The van der Waals surface area contributed by atoms with E-state index in [1.54, 1.807) is 24.4 Å². The number of rotatable bonds is 5. The van der Waals surface area contributed by atoms with Gasteiger partial charge in [-0.25, -0.2) is 0 Å². The predicted octanol–water partition coefficient (Wildman–Crippen LogP) is 3.28. The molecule has 0 radical (unpaired) electrons. The Balaban J connectivity index is 1.92. The maximum atomic E-state index is 10.6. The first-order valence-electron chi connectivity index (χ1n) is 5.57. The Morgan fingerprint density at radius 2 is 2.17 bits per heavy atom. The van der Waals surface area contributed by atoms with Gasteiger partial charge in [0.15, 0.2) is 0 Å². The lowest BCUT2D eigenvalue weighted by atomic mass is 10.2. The van der Waals surface area contributed by atoms with Crippen LogP contribution in [0.2, 0.25) is 0 Å². The van der Waals surface area contributed by atoms with Gasteiger partial charge in [0.05, 0.1) is 11.1 Å². The summed E-state index contributed by atoms with van der Waals surface area (Å²) >= 11 is 3.37. The first kappa shape index (κ1) is 12.8. The molecule has 0 unspecified atom stereocenters. The molecule has 1 aromatic heterocycles. The van der Waals surface area contributed by atoms with Gasteiger partial charge in [0.2, 0.25) is 0 Å². The van der Waals surface area contributed by atoms with E-state index >= 15 is 0 Å². The molecule has 1 aromatic carbocycles. The molecule has 4 heteroatoms. The van der Waals surface area contributed by atoms with Crippen LogP contribution in [0.15, 0.2) is 47.1 Å². The van der Waals surface area contributed by atoms with Gasteiger partial charge in [-0.1, -0.05) is 6.07 Å². The summed E-state index contributed by atoms with van der Waals surface area (Å²) in [5.74, 6) is 0.733. The molecule has 0 saturated carbocycles. The molecule has 0 aliphatic rings. The van der Waals surface area contributed by atoms with Crippen molar-refractivity contribution in [3.8, 4) is 5.75 Å². The smallest absolute Gasteiger partial charge is 0.150 e. The third-order valence-electron chi connectivity index (χ3n) is 2.43. The van der Waals surface area contributed by atoms with Crippen LogP contribution in [0, 0.1) is 0 Å². The Labute approximate surface area is 114 Å². The van der Waals surface area contributed by atoms with Crippen LogP contribution >= 0.6 is 15.9 Å². The average Bonchev–Trinajstić information content (AvgIpc) is 2.42. The van der Waals surface area contributed by atoms with Crippen LogP contribution in [0.4, 0.5) is 0 Å². The molecule has 2 rings (SSSR count). The zero-order chi connectivity index (χ0) is 12.8. The summed E-state index contributed by atoms with van der Waals surface area (Å²) in [6, 6.07) is 11.1. The molecule has 0 aliphatic heterocycles. The maximum Gasteiger partial charge on any atom is 0.150 e. The van der Waals surface area contributed by atoms with Crippen LogP contribution in [0.5, 0.6) is 5.75 Å². The van der Waals surface area contributed by atoms with E-state index in [-0.39, 0.29) is 0 Å². The molecular weight excluding hydrogens is 294 g/mol. The van der Waals surface area contributed by atoms with Crippen molar-refractivity contribution >= 4 is 22.2 Å². The van der Waals surface area contributed by atoms with Crippen LogP contribution in [0.25, 0.3) is 0 Å². The number of benzene rings is 1. The van der Waals surface area contributed by atoms with Crippen molar-refractivity contribution in [3.63, 3.8) is 0 Å². The van der Waals surface area contributed by atoms with Crippen molar-refractivity contribution in [2.45, 2.75) is 6.42 Å². The van der Waals surface area contributed by atoms with E-state index in [2.05, 4.69) is 20.9 Å². The summed E-state index contributed by atoms with van der Waals surface area (Å²) in [6.45, 7) is 0.552. The molecule has 0 amide bonds. The number of aromatic nitrogens is 1. The second-order valence-corrected chi connectivity index (χ2v) is 4.58. The summed E-state index contributed by atoms with van der Waals surface area (Å²) in [5, 5.41) is 0. The SMILES string of the molecule is O=Cc1ccc(OCCc2ccccn2)c(Br)c1. The summed E-state index contributed by atoms with van der Waals surface area (Å²) in [6.07, 6.45) is 3.33. The number of ether oxygens (including phenoxy) is 1. The Morgan fingerprint density at radius 1 is 1.28 bits per heavy atom. The minimum atomic E-state index is 0.552. The van der Waals surface area contributed by atoms with Crippen LogP contribution in [-0.2, 0) is 6.42 Å². The molecule has 3 nitrogen and oxygen atoms in total. The number of pyridine rings is 1. The van der Waals surface area contributed by atoms with Crippen molar-refractivity contribution in [1.82, 2.24) is 4.98 Å². The van der Waals surface area contributed by atoms with Crippen molar-refractivity contribution in [1.29, 1.82) is 0 Å². The van der Waals surface area contributed by atoms with Crippen LogP contribution in [0.1, 0.15) is 16.1 Å². The second-order valence-electron chi connectivity index (χ2n) is 3.73. The zero-order valence-electron chi connectivity index (χ0n) is 9.67. The van der Waals surface area contributed by atoms with Gasteiger partial charge < -0.3 is 4.74 Å². The number of hydrogen-bond acceptors (Lipinski definition) is 3. The highest BCUT2D eigenvalue weighted by Crippen LogP contribution is 2.25. The normalized spacial score (nSPS) is 10.1. The Kier molecular flexibility index (Phi) is 4.47. The lowest BCUT2D eigenvalue weighted by Crippen LogP contribution is -2.03. The van der Waals surface area contributed by atoms with Gasteiger partial charge in [-0.3, -0.25) is 9.78 Å². The van der Waals surface area contributed by atoms with E-state index in [0.29, 0.717) is 12.2 Å². The molecule has 0 bridgehead atoms. The van der Waals surface area contributed by atoms with Crippen molar-refractivity contribution in [2.75, 3.05) is 6.61 Å². The van der Waals surface area contributed by atoms with Gasteiger partial charge in [0.25, 0.3) is 0 Å². The summed E-state index contributed by atoms with van der Waals surface area (Å²) < 4.78 is 6.42. The van der Waals surface area contributed by atoms with Crippen molar-refractivity contribution in [2.24, 2.45) is 0 Å². The number of halogens is 1. The minimum absolute atomic E-state index is 0.552. The molecular formula is C14H12BrNO2. The Bertz CT molecular complexity index is 529. The van der Waals surface area contributed by atoms with Gasteiger partial charge in [0, 0.05) is 23.9 Å². The van der Waals surface area contributed by atoms with Gasteiger partial charge in [-0.15, -0.1) is 0 Å². The summed E-state index contributed by atoms with van der Waals surface area (Å²) in [5.41, 5.74) is 1.62. The van der Waals surface area contributed by atoms with E-state index in [9.17, 15) is 4.79 Å². The van der Waals surface area contributed by atoms with E-state index in [1.165, 1.54) is 0 Å². The molecule has 18 heavy (non-hydrogen) atoms. The van der Waals surface area contributed by atoms with Crippen LogP contribution in [-0.4, -0.2) is 17.9 Å². The van der Waals surface area contributed by atoms with Gasteiger partial charge >= 0.3 is 0 Å². The monoisotopic (exact) mass is 305 g/mol. The lowest BCUT2D eigenvalue weighted by Gasteiger charge is -2.08. The number of carbonyl (C=O) groups excluding carboxylic acids is 1. The topological polar surface area (TPSA) is 39.2 Å². The molecule has 0 saturated heterocycles. The summed E-state index contributed by atoms with van der Waals surface area (Å²) in [7, 11) is 0. The quantitative estimate of drug-likeness (QED) is 0.796. The zero-order valence-corrected chi connectivity index (χ0v) is 11.3. The Hall–Kier alpha value is -1.68. The van der Waals surface area contributed by atoms with Crippen molar-refractivity contribution < 1.29 is 9.53 Å². The molecule has 0 aliphatic carbocycles. The largest absolute Gasteiger partial charge is 0.492 e. The van der Waals surface area contributed by atoms with Gasteiger partial charge in [-0.05, 0) is 46.3 Å². The van der Waals surface area contributed by atoms with E-state index in [1.807, 2.05) is 18.2 Å². The first-order chi connectivity index (χ1) is 8.79. The highest BCUT2D eigenvalue weighted by atomic mass is 79.9. The third kappa shape index (κ3) is 3.40. The highest BCUT2D eigenvalue weighted by Gasteiger charge is 2.02. The van der Waals surface area contributed by atoms with E-state index in [0.717, 1.165) is 28.6 Å². The third-order valence-corrected chi connectivity index (χ3v) is 3.05. The van der Waals surface area contributed by atoms with E-state index < -0.39 is 0 Å². The average molecular weight is 306 g/mol. The number of carbonyl (C=O) groups is 1. The van der Waals surface area contributed by atoms with E-state index in [4.69, 9.17) is 4.74 Å². The summed E-state index contributed by atoms with van der Waals surface area (Å²) in [4.78, 5) is 14.8. The lowest BCUT2D eigenvalue weighted by molar-refractivity contribution is 0.112. The van der Waals surface area contributed by atoms with Crippen molar-refractivity contribution in [3.05, 3.63) is 58.3 Å². The molecule has 0 fully saturated rings. The molecule has 1 heterocycles. The maximum absolute atomic E-state index is 10.6. The standard InChI is InChI=1S/C14H12BrNO2/c15-13-9-11(10-17)4-5-14(13)18-8-6-12-3-1-2-7-16-12/h1-5,7,9-10H,6,8H2. The first-order valence-corrected chi connectivity index (χ1v) is 6.36. The van der Waals surface area contributed by atoms with Crippen LogP contribution < -0.4 is 4.74 Å². The fourth-order valence-corrected chi connectivity index (χ4v) is 2.03. The molecule has 0 spiro atoms. The molecule has 0 atom stereocenters. The van der Waals surface area contributed by atoms with Gasteiger partial charge in [0.1, 0.15) is 12.0 Å². The number of hydrogen-bond donors (Lipinski definition) is 0. The molecule has 92 valence electrons. The fraction of sp³-hybridized carbons (Fsp3) is 0.143. The predicted molar refractivity (Wildman–Crippen MR) is 73.0 cm³/mol. The minimum Gasteiger partial charge on any atom is -0.492 e. The molecule has 2 aromatic rings. The number of aldehydes is 1. The highest BCUT2D eigenvalue weighted by molar-refractivity contribution is 9.10.